The van der Waals surface area contributed by atoms with Gasteiger partial charge in [-0.2, -0.15) is 0 Å². The van der Waals surface area contributed by atoms with E-state index in [1.54, 1.807) is 32.9 Å². The van der Waals surface area contributed by atoms with Crippen LogP contribution in [0, 0.1) is 0 Å². The fraction of sp³-hybridized carbons (Fsp3) is 0.500. The fourth-order valence-electron chi connectivity index (χ4n) is 1.87. The van der Waals surface area contributed by atoms with Crippen LogP contribution in [0.15, 0.2) is 24.3 Å². The van der Waals surface area contributed by atoms with E-state index < -0.39 is 23.7 Å². The number of nitrogens with one attached hydrogen (secondary N) is 1. The number of esters is 1. The van der Waals surface area contributed by atoms with Crippen LogP contribution >= 0.6 is 0 Å². The highest BCUT2D eigenvalue weighted by atomic mass is 16.6. The van der Waals surface area contributed by atoms with E-state index in [9.17, 15) is 9.59 Å². The van der Waals surface area contributed by atoms with Crippen LogP contribution in [0.1, 0.15) is 32.8 Å². The molecule has 0 aliphatic rings. The van der Waals surface area contributed by atoms with Crippen LogP contribution in [-0.2, 0) is 20.7 Å². The minimum atomic E-state index is -0.596. The maximum atomic E-state index is 11.9. The quantitative estimate of drug-likeness (QED) is 0.643. The van der Waals surface area contributed by atoms with E-state index in [0.29, 0.717) is 12.1 Å². The molecule has 0 spiro atoms. The maximum absolute atomic E-state index is 11.9. The number of alkyl carbamates (subject to hydrolysis) is 1. The number of carbonyl (C=O) groups excluding carboxylic acids is 2. The van der Waals surface area contributed by atoms with Gasteiger partial charge in [0.2, 0.25) is 0 Å². The van der Waals surface area contributed by atoms with Crippen molar-refractivity contribution in [3.05, 3.63) is 29.8 Å². The van der Waals surface area contributed by atoms with Gasteiger partial charge in [-0.25, -0.2) is 4.79 Å². The van der Waals surface area contributed by atoms with Gasteiger partial charge in [0.15, 0.2) is 0 Å². The van der Waals surface area contributed by atoms with E-state index in [-0.39, 0.29) is 6.42 Å². The lowest BCUT2D eigenvalue weighted by molar-refractivity contribution is -0.141. The zero-order valence-electron chi connectivity index (χ0n) is 13.5. The van der Waals surface area contributed by atoms with Crippen LogP contribution in [0.5, 0.6) is 0 Å². The Morgan fingerprint density at radius 2 is 1.82 bits per heavy atom. The average Bonchev–Trinajstić information content (AvgIpc) is 2.38. The van der Waals surface area contributed by atoms with E-state index >= 15 is 0 Å². The molecule has 0 aliphatic carbocycles. The molecule has 1 rings (SSSR count). The van der Waals surface area contributed by atoms with E-state index in [1.165, 1.54) is 7.11 Å². The molecule has 3 N–H and O–H groups in total. The summed E-state index contributed by atoms with van der Waals surface area (Å²) in [6, 6.07) is 6.86. The number of carbonyl (C=O) groups is 2. The SMILES string of the molecule is COC(=O)C[C@H](Cc1ccc(N)cc1)NC(=O)OC(C)(C)C. The van der Waals surface area contributed by atoms with Crippen molar-refractivity contribution in [1.29, 1.82) is 0 Å². The first kappa shape index (κ1) is 17.8. The zero-order valence-corrected chi connectivity index (χ0v) is 13.5. The van der Waals surface area contributed by atoms with Gasteiger partial charge in [0.25, 0.3) is 0 Å². The van der Waals surface area contributed by atoms with Gasteiger partial charge in [0.1, 0.15) is 5.60 Å². The summed E-state index contributed by atoms with van der Waals surface area (Å²) >= 11 is 0. The molecule has 0 saturated carbocycles. The van der Waals surface area contributed by atoms with Gasteiger partial charge in [0, 0.05) is 11.7 Å². The van der Waals surface area contributed by atoms with Crippen LogP contribution in [0.4, 0.5) is 10.5 Å². The van der Waals surface area contributed by atoms with Gasteiger partial charge >= 0.3 is 12.1 Å². The molecule has 1 atom stereocenters. The molecule has 1 amide bonds. The second-order valence-corrected chi connectivity index (χ2v) is 6.07. The number of rotatable bonds is 5. The molecule has 1 aromatic rings. The first-order valence-corrected chi connectivity index (χ1v) is 7.10. The third-order valence-corrected chi connectivity index (χ3v) is 2.82. The summed E-state index contributed by atoms with van der Waals surface area (Å²) in [4.78, 5) is 23.4. The molecule has 122 valence electrons. The molecule has 1 aromatic carbocycles. The molecule has 0 unspecified atom stereocenters. The predicted molar refractivity (Wildman–Crippen MR) is 84.3 cm³/mol. The standard InChI is InChI=1S/C16H24N2O4/c1-16(2,3)22-15(20)18-13(10-14(19)21-4)9-11-5-7-12(17)8-6-11/h5-8,13H,9-10,17H2,1-4H3,(H,18,20)/t13-/m0/s1. The van der Waals surface area contributed by atoms with Gasteiger partial charge in [-0.15, -0.1) is 0 Å². The molecule has 0 fully saturated rings. The number of anilines is 1. The lowest BCUT2D eigenvalue weighted by Crippen LogP contribution is -2.41. The summed E-state index contributed by atoms with van der Waals surface area (Å²) in [7, 11) is 1.32. The van der Waals surface area contributed by atoms with Crippen LogP contribution in [0.2, 0.25) is 0 Å². The van der Waals surface area contributed by atoms with Crippen LogP contribution < -0.4 is 11.1 Å². The van der Waals surface area contributed by atoms with Crippen molar-refractivity contribution < 1.29 is 19.1 Å². The number of hydrogen-bond acceptors (Lipinski definition) is 5. The summed E-state index contributed by atoms with van der Waals surface area (Å²) in [5.41, 5.74) is 6.67. The lowest BCUT2D eigenvalue weighted by Gasteiger charge is -2.23. The van der Waals surface area contributed by atoms with Crippen LogP contribution in [-0.4, -0.2) is 30.8 Å². The fourth-order valence-corrected chi connectivity index (χ4v) is 1.87. The summed E-state index contributed by atoms with van der Waals surface area (Å²) in [5, 5.41) is 2.71. The zero-order chi connectivity index (χ0) is 16.8. The van der Waals surface area contributed by atoms with E-state index in [1.807, 2.05) is 12.1 Å². The Kier molecular flexibility index (Phi) is 6.22. The first-order chi connectivity index (χ1) is 10.2. The number of benzene rings is 1. The Bertz CT molecular complexity index is 506. The monoisotopic (exact) mass is 308 g/mol. The Morgan fingerprint density at radius 1 is 1.23 bits per heavy atom. The highest BCUT2D eigenvalue weighted by molar-refractivity contribution is 5.73. The highest BCUT2D eigenvalue weighted by Crippen LogP contribution is 2.12. The number of methoxy groups -OCH3 is 1. The van der Waals surface area contributed by atoms with Gasteiger partial charge in [-0.1, -0.05) is 12.1 Å². The molecule has 6 heteroatoms. The average molecular weight is 308 g/mol. The summed E-state index contributed by atoms with van der Waals surface area (Å²) in [6.45, 7) is 5.34. The Labute approximate surface area is 131 Å². The van der Waals surface area contributed by atoms with Crippen LogP contribution in [0.3, 0.4) is 0 Å². The smallest absolute Gasteiger partial charge is 0.407 e. The third-order valence-electron chi connectivity index (χ3n) is 2.82. The van der Waals surface area contributed by atoms with Crippen molar-refractivity contribution >= 4 is 17.7 Å². The van der Waals surface area contributed by atoms with Crippen molar-refractivity contribution in [2.75, 3.05) is 12.8 Å². The molecule has 22 heavy (non-hydrogen) atoms. The largest absolute Gasteiger partial charge is 0.469 e. The second kappa shape index (κ2) is 7.68. The third kappa shape index (κ3) is 6.97. The topological polar surface area (TPSA) is 90.6 Å². The van der Waals surface area contributed by atoms with E-state index in [2.05, 4.69) is 10.1 Å². The minimum Gasteiger partial charge on any atom is -0.469 e. The van der Waals surface area contributed by atoms with Crippen molar-refractivity contribution in [2.45, 2.75) is 45.3 Å². The van der Waals surface area contributed by atoms with Crippen LogP contribution in [0.25, 0.3) is 0 Å². The number of nitrogen functional groups attached to an aromatic ring is 1. The summed E-state index contributed by atoms with van der Waals surface area (Å²) < 4.78 is 9.89. The summed E-state index contributed by atoms with van der Waals surface area (Å²) in [6.07, 6.45) is -0.00813. The second-order valence-electron chi connectivity index (χ2n) is 6.07. The highest BCUT2D eigenvalue weighted by Gasteiger charge is 2.22. The van der Waals surface area contributed by atoms with Gasteiger partial charge < -0.3 is 20.5 Å². The van der Waals surface area contributed by atoms with E-state index in [0.717, 1.165) is 5.56 Å². The van der Waals surface area contributed by atoms with E-state index in [4.69, 9.17) is 10.5 Å². The molecule has 0 saturated heterocycles. The predicted octanol–water partition coefficient (Wildman–Crippen LogP) is 2.27. The Morgan fingerprint density at radius 3 is 2.32 bits per heavy atom. The lowest BCUT2D eigenvalue weighted by atomic mass is 10.0. The number of amides is 1. The minimum absolute atomic E-state index is 0.0696. The van der Waals surface area contributed by atoms with Crippen molar-refractivity contribution in [3.63, 3.8) is 0 Å². The molecule has 0 aliphatic heterocycles. The molecule has 0 bridgehead atoms. The molecule has 0 radical (unpaired) electrons. The van der Waals surface area contributed by atoms with Gasteiger partial charge in [-0.05, 0) is 44.9 Å². The molecule has 0 aromatic heterocycles. The van der Waals surface area contributed by atoms with Crippen molar-refractivity contribution in [1.82, 2.24) is 5.32 Å². The van der Waals surface area contributed by atoms with Gasteiger partial charge in [0.05, 0.1) is 13.5 Å². The first-order valence-electron chi connectivity index (χ1n) is 7.10. The maximum Gasteiger partial charge on any atom is 0.407 e. The van der Waals surface area contributed by atoms with Crippen molar-refractivity contribution in [3.8, 4) is 0 Å². The van der Waals surface area contributed by atoms with Crippen molar-refractivity contribution in [2.24, 2.45) is 0 Å². The summed E-state index contributed by atoms with van der Waals surface area (Å²) in [5.74, 6) is -0.392. The number of hydrogen-bond donors (Lipinski definition) is 2. The molecular weight excluding hydrogens is 284 g/mol. The Balaban J connectivity index is 2.73. The normalized spacial score (nSPS) is 12.4. The Hall–Kier alpha value is -2.24. The molecular formula is C16H24N2O4. The molecule has 6 nitrogen and oxygen atoms in total. The molecule has 0 heterocycles. The number of ether oxygens (including phenoxy) is 2. The van der Waals surface area contributed by atoms with Gasteiger partial charge in [-0.3, -0.25) is 4.79 Å². The number of nitrogens with two attached hydrogens (primary N) is 1.